The highest BCUT2D eigenvalue weighted by molar-refractivity contribution is 5.74. The van der Waals surface area contributed by atoms with E-state index in [0.29, 0.717) is 37.9 Å². The van der Waals surface area contributed by atoms with E-state index in [9.17, 15) is 4.79 Å². The van der Waals surface area contributed by atoms with Crippen LogP contribution in [-0.2, 0) is 13.1 Å². The highest BCUT2D eigenvalue weighted by Gasteiger charge is 2.28. The van der Waals surface area contributed by atoms with Gasteiger partial charge in [-0.25, -0.2) is 4.79 Å². The Morgan fingerprint density at radius 2 is 2.31 bits per heavy atom. The number of aromatic nitrogens is 1. The normalized spacial score (nSPS) is 16.9. The summed E-state index contributed by atoms with van der Waals surface area (Å²) in [7, 11) is 1.62. The molecule has 26 heavy (non-hydrogen) atoms. The fourth-order valence-electron chi connectivity index (χ4n) is 3.15. The summed E-state index contributed by atoms with van der Waals surface area (Å²) in [4.78, 5) is 14.4. The van der Waals surface area contributed by atoms with Gasteiger partial charge < -0.3 is 24.2 Å². The Bertz CT molecular complexity index is 785. The molecule has 1 aromatic heterocycles. The Kier molecular flexibility index (Phi) is 4.69. The van der Waals surface area contributed by atoms with Crippen LogP contribution in [0.2, 0.25) is 0 Å². The first-order chi connectivity index (χ1) is 12.7. The van der Waals surface area contributed by atoms with E-state index in [2.05, 4.69) is 10.5 Å². The minimum atomic E-state index is -0.114. The number of amides is 2. The number of rotatable bonds is 4. The van der Waals surface area contributed by atoms with Gasteiger partial charge in [0.15, 0.2) is 11.5 Å². The van der Waals surface area contributed by atoms with Crippen molar-refractivity contribution >= 4 is 6.03 Å². The summed E-state index contributed by atoms with van der Waals surface area (Å²) in [5, 5.41) is 6.98. The molecule has 0 radical (unpaired) electrons. The third-order valence-electron chi connectivity index (χ3n) is 4.73. The fraction of sp³-hybridized carbons (Fsp3) is 0.474. The molecule has 1 saturated carbocycles. The number of hydrogen-bond donors (Lipinski definition) is 1. The summed E-state index contributed by atoms with van der Waals surface area (Å²) in [6.45, 7) is 2.03. The van der Waals surface area contributed by atoms with Crippen molar-refractivity contribution in [3.8, 4) is 11.5 Å². The highest BCUT2D eigenvalue weighted by atomic mass is 16.5. The second kappa shape index (κ2) is 7.27. The Balaban J connectivity index is 1.41. The van der Waals surface area contributed by atoms with Gasteiger partial charge in [0, 0.05) is 24.1 Å². The number of nitrogens with one attached hydrogen (secondary N) is 1. The molecule has 4 rings (SSSR count). The van der Waals surface area contributed by atoms with Crippen molar-refractivity contribution < 1.29 is 18.8 Å². The lowest BCUT2D eigenvalue weighted by atomic mass is 10.1. The number of carbonyl (C=O) groups is 1. The number of methoxy groups -OCH3 is 1. The molecule has 1 N–H and O–H groups in total. The average Bonchev–Trinajstić information content (AvgIpc) is 3.38. The molecule has 7 heteroatoms. The quantitative estimate of drug-likeness (QED) is 0.910. The summed E-state index contributed by atoms with van der Waals surface area (Å²) in [6, 6.07) is 7.57. The average molecular weight is 357 g/mol. The van der Waals surface area contributed by atoms with Crippen LogP contribution < -0.4 is 14.8 Å². The zero-order valence-corrected chi connectivity index (χ0v) is 14.9. The molecule has 2 aromatic rings. The number of ether oxygens (including phenoxy) is 2. The number of hydrogen-bond acceptors (Lipinski definition) is 5. The minimum Gasteiger partial charge on any atom is -0.493 e. The first-order valence-corrected chi connectivity index (χ1v) is 9.01. The third-order valence-corrected chi connectivity index (χ3v) is 4.73. The van der Waals surface area contributed by atoms with Gasteiger partial charge in [0.2, 0.25) is 0 Å². The van der Waals surface area contributed by atoms with Crippen LogP contribution in [0.4, 0.5) is 4.79 Å². The van der Waals surface area contributed by atoms with Crippen LogP contribution in [0.3, 0.4) is 0 Å². The summed E-state index contributed by atoms with van der Waals surface area (Å²) >= 11 is 0. The molecule has 1 aliphatic carbocycles. The van der Waals surface area contributed by atoms with E-state index in [4.69, 9.17) is 14.0 Å². The second-order valence-corrected chi connectivity index (χ2v) is 6.73. The third kappa shape index (κ3) is 3.61. The largest absolute Gasteiger partial charge is 0.493 e. The number of para-hydroxylation sites is 1. The molecular formula is C19H23N3O4. The monoisotopic (exact) mass is 357 g/mol. The van der Waals surface area contributed by atoms with Crippen LogP contribution in [0.15, 0.2) is 28.8 Å². The molecule has 7 nitrogen and oxygen atoms in total. The van der Waals surface area contributed by atoms with Crippen LogP contribution in [0.1, 0.15) is 42.2 Å². The molecule has 2 aliphatic rings. The summed E-state index contributed by atoms with van der Waals surface area (Å²) < 4.78 is 16.5. The smallest absolute Gasteiger partial charge is 0.318 e. The predicted molar refractivity (Wildman–Crippen MR) is 94.2 cm³/mol. The zero-order chi connectivity index (χ0) is 17.9. The van der Waals surface area contributed by atoms with Crippen molar-refractivity contribution in [2.75, 3.05) is 20.3 Å². The van der Waals surface area contributed by atoms with Gasteiger partial charge in [-0.2, -0.15) is 0 Å². The second-order valence-electron chi connectivity index (χ2n) is 6.73. The van der Waals surface area contributed by atoms with Gasteiger partial charge in [-0.15, -0.1) is 0 Å². The van der Waals surface area contributed by atoms with Gasteiger partial charge in [-0.1, -0.05) is 17.3 Å². The fourth-order valence-corrected chi connectivity index (χ4v) is 3.15. The Labute approximate surface area is 152 Å². The van der Waals surface area contributed by atoms with E-state index in [1.165, 1.54) is 12.8 Å². The number of fused-ring (bicyclic) bond motifs is 1. The summed E-state index contributed by atoms with van der Waals surface area (Å²) in [5.74, 6) is 2.87. The molecule has 2 heterocycles. The summed E-state index contributed by atoms with van der Waals surface area (Å²) in [5.41, 5.74) is 1.70. The number of carbonyl (C=O) groups excluding carboxylic acids is 1. The molecule has 0 spiro atoms. The molecular weight excluding hydrogens is 334 g/mol. The first-order valence-electron chi connectivity index (χ1n) is 9.01. The van der Waals surface area contributed by atoms with Crippen molar-refractivity contribution in [1.82, 2.24) is 15.4 Å². The predicted octanol–water partition coefficient (Wildman–Crippen LogP) is 3.05. The maximum Gasteiger partial charge on any atom is 0.318 e. The molecule has 0 bridgehead atoms. The van der Waals surface area contributed by atoms with Gasteiger partial charge in [0.05, 0.1) is 26.8 Å². The molecule has 0 saturated heterocycles. The minimum absolute atomic E-state index is 0.114. The first kappa shape index (κ1) is 16.8. The molecule has 138 valence electrons. The topological polar surface area (TPSA) is 76.8 Å². The van der Waals surface area contributed by atoms with Crippen LogP contribution in [-0.4, -0.2) is 36.3 Å². The van der Waals surface area contributed by atoms with Gasteiger partial charge in [0.25, 0.3) is 0 Å². The van der Waals surface area contributed by atoms with E-state index in [1.807, 2.05) is 24.3 Å². The van der Waals surface area contributed by atoms with E-state index >= 15 is 0 Å². The number of benzene rings is 1. The highest BCUT2D eigenvalue weighted by Crippen LogP contribution is 2.40. The van der Waals surface area contributed by atoms with Gasteiger partial charge in [0.1, 0.15) is 11.5 Å². The molecule has 0 unspecified atom stereocenters. The Hall–Kier alpha value is -2.70. The van der Waals surface area contributed by atoms with Crippen molar-refractivity contribution in [3.05, 3.63) is 41.3 Å². The van der Waals surface area contributed by atoms with E-state index < -0.39 is 0 Å². The van der Waals surface area contributed by atoms with Gasteiger partial charge in [-0.3, -0.25) is 0 Å². The molecule has 1 aliphatic heterocycles. The SMILES string of the molecule is COc1cccc2c1OCCCN(C(=O)NCc1cc(C3CC3)on1)C2. The lowest BCUT2D eigenvalue weighted by molar-refractivity contribution is 0.179. The van der Waals surface area contributed by atoms with E-state index in [1.54, 1.807) is 12.0 Å². The van der Waals surface area contributed by atoms with Crippen molar-refractivity contribution in [2.24, 2.45) is 0 Å². The van der Waals surface area contributed by atoms with Gasteiger partial charge >= 0.3 is 6.03 Å². The van der Waals surface area contributed by atoms with Crippen LogP contribution in [0.25, 0.3) is 0 Å². The van der Waals surface area contributed by atoms with Crippen molar-refractivity contribution in [2.45, 2.75) is 38.3 Å². The van der Waals surface area contributed by atoms with Crippen LogP contribution >= 0.6 is 0 Å². The zero-order valence-electron chi connectivity index (χ0n) is 14.9. The van der Waals surface area contributed by atoms with Gasteiger partial charge in [-0.05, 0) is 25.3 Å². The van der Waals surface area contributed by atoms with E-state index in [0.717, 1.165) is 29.2 Å². The molecule has 2 amide bonds. The van der Waals surface area contributed by atoms with Crippen molar-refractivity contribution in [1.29, 1.82) is 0 Å². The standard InChI is InChI=1S/C19H23N3O4/c1-24-16-5-2-4-14-12-22(8-3-9-25-18(14)16)19(23)20-11-15-10-17(26-21-15)13-6-7-13/h2,4-5,10,13H,3,6-9,11-12H2,1H3,(H,20,23). The van der Waals surface area contributed by atoms with E-state index in [-0.39, 0.29) is 6.03 Å². The number of urea groups is 1. The lowest BCUT2D eigenvalue weighted by Gasteiger charge is -2.27. The Morgan fingerprint density at radius 1 is 1.42 bits per heavy atom. The van der Waals surface area contributed by atoms with Crippen LogP contribution in [0.5, 0.6) is 11.5 Å². The lowest BCUT2D eigenvalue weighted by Crippen LogP contribution is -2.41. The Morgan fingerprint density at radius 3 is 3.12 bits per heavy atom. The molecule has 1 fully saturated rings. The maximum atomic E-state index is 12.6. The summed E-state index contributed by atoms with van der Waals surface area (Å²) in [6.07, 6.45) is 3.10. The molecule has 0 atom stereocenters. The molecule has 1 aromatic carbocycles. The van der Waals surface area contributed by atoms with Crippen molar-refractivity contribution in [3.63, 3.8) is 0 Å². The number of nitrogens with zero attached hydrogens (tertiary/aromatic N) is 2. The maximum absolute atomic E-state index is 12.6. The van der Waals surface area contributed by atoms with Crippen LogP contribution in [0, 0.1) is 0 Å².